The Kier molecular flexibility index (Phi) is 11.4. The van der Waals surface area contributed by atoms with Crippen LogP contribution >= 0.6 is 11.8 Å². The third kappa shape index (κ3) is 9.83. The number of rotatable bonds is 16. The molecule has 41 heavy (non-hydrogen) atoms. The summed E-state index contributed by atoms with van der Waals surface area (Å²) in [6.07, 6.45) is 3.54. The van der Waals surface area contributed by atoms with Gasteiger partial charge in [-0.15, -0.1) is 11.8 Å². The van der Waals surface area contributed by atoms with Crippen molar-refractivity contribution in [3.8, 4) is 5.75 Å². The van der Waals surface area contributed by atoms with E-state index in [4.69, 9.17) is 9.15 Å². The number of carbonyl (C=O) groups is 3. The minimum Gasteiger partial charge on any atom is -0.484 e. The van der Waals surface area contributed by atoms with Crippen LogP contribution in [0.4, 0.5) is 0 Å². The highest BCUT2D eigenvalue weighted by Crippen LogP contribution is 2.21. The standard InChI is InChI=1S/C33H36N2O5S/c1-24-14-16-27(17-15-24)40-21-33(38)34-18-5-4-13-32(37)35-30(31(36)23-41-22-28-11-7-19-39-28)20-26-10-6-9-25-8-2-3-12-29(25)26/h2-3,6-12,14-17,19,30H,4-5,13,18,20-23H2,1H3,(H,34,38)(H,35,37)/t30-/m0/s1. The van der Waals surface area contributed by atoms with Gasteiger partial charge in [-0.3, -0.25) is 14.4 Å². The molecule has 0 bridgehead atoms. The van der Waals surface area contributed by atoms with Gasteiger partial charge in [0.2, 0.25) is 5.91 Å². The zero-order valence-electron chi connectivity index (χ0n) is 23.3. The Labute approximate surface area is 245 Å². The minimum absolute atomic E-state index is 0.0244. The Hall–Kier alpha value is -4.04. The fourth-order valence-electron chi connectivity index (χ4n) is 4.42. The largest absolute Gasteiger partial charge is 0.484 e. The number of thioether (sulfide) groups is 1. The van der Waals surface area contributed by atoms with E-state index < -0.39 is 6.04 Å². The van der Waals surface area contributed by atoms with E-state index in [9.17, 15) is 14.4 Å². The number of nitrogens with one attached hydrogen (secondary N) is 2. The fourth-order valence-corrected chi connectivity index (χ4v) is 5.29. The van der Waals surface area contributed by atoms with Crippen molar-refractivity contribution in [1.29, 1.82) is 0 Å². The summed E-state index contributed by atoms with van der Waals surface area (Å²) >= 11 is 1.47. The third-order valence-corrected chi connectivity index (χ3v) is 7.62. The lowest BCUT2D eigenvalue weighted by molar-refractivity contribution is -0.126. The molecule has 0 unspecified atom stereocenters. The van der Waals surface area contributed by atoms with Crippen molar-refractivity contribution in [3.05, 3.63) is 102 Å². The first kappa shape index (κ1) is 29.9. The average Bonchev–Trinajstić information content (AvgIpc) is 3.50. The Morgan fingerprint density at radius 3 is 2.51 bits per heavy atom. The molecule has 214 valence electrons. The summed E-state index contributed by atoms with van der Waals surface area (Å²) in [5.74, 6) is 1.92. The molecular formula is C33H36N2O5S. The van der Waals surface area contributed by atoms with Crippen molar-refractivity contribution in [2.24, 2.45) is 0 Å². The second-order valence-electron chi connectivity index (χ2n) is 9.91. The second kappa shape index (κ2) is 15.7. The first-order valence-electron chi connectivity index (χ1n) is 13.8. The van der Waals surface area contributed by atoms with Crippen molar-refractivity contribution < 1.29 is 23.5 Å². The zero-order valence-corrected chi connectivity index (χ0v) is 24.1. The lowest BCUT2D eigenvalue weighted by atomic mass is 9.97. The number of unbranched alkanes of at least 4 members (excludes halogenated alkanes) is 1. The van der Waals surface area contributed by atoms with E-state index in [0.29, 0.717) is 37.3 Å². The van der Waals surface area contributed by atoms with Crippen LogP contribution in [0, 0.1) is 6.92 Å². The first-order valence-corrected chi connectivity index (χ1v) is 15.0. The highest BCUT2D eigenvalue weighted by Gasteiger charge is 2.22. The van der Waals surface area contributed by atoms with Gasteiger partial charge in [-0.1, -0.05) is 60.2 Å². The maximum atomic E-state index is 13.3. The van der Waals surface area contributed by atoms with Gasteiger partial charge in [-0.05, 0) is 60.4 Å². The Morgan fingerprint density at radius 2 is 1.71 bits per heavy atom. The molecule has 1 heterocycles. The van der Waals surface area contributed by atoms with Gasteiger partial charge in [0, 0.05) is 19.4 Å². The van der Waals surface area contributed by atoms with E-state index in [-0.39, 0.29) is 36.4 Å². The van der Waals surface area contributed by atoms with Crippen molar-refractivity contribution >= 4 is 40.1 Å². The molecule has 0 fully saturated rings. The summed E-state index contributed by atoms with van der Waals surface area (Å²) in [6.45, 7) is 2.38. The normalized spacial score (nSPS) is 11.6. The molecule has 0 aliphatic carbocycles. The molecule has 7 nitrogen and oxygen atoms in total. The predicted octanol–water partition coefficient (Wildman–Crippen LogP) is 5.64. The average molecular weight is 573 g/mol. The lowest BCUT2D eigenvalue weighted by Gasteiger charge is -2.19. The van der Waals surface area contributed by atoms with Crippen LogP contribution in [-0.4, -0.2) is 42.5 Å². The molecule has 2 amide bonds. The predicted molar refractivity (Wildman–Crippen MR) is 163 cm³/mol. The van der Waals surface area contributed by atoms with Crippen LogP contribution in [0.1, 0.15) is 36.1 Å². The Morgan fingerprint density at radius 1 is 0.902 bits per heavy atom. The molecule has 4 aromatic rings. The van der Waals surface area contributed by atoms with E-state index in [2.05, 4.69) is 10.6 Å². The highest BCUT2D eigenvalue weighted by atomic mass is 32.2. The van der Waals surface area contributed by atoms with Gasteiger partial charge in [0.1, 0.15) is 11.5 Å². The SMILES string of the molecule is Cc1ccc(OCC(=O)NCCCCC(=O)N[C@@H](Cc2cccc3ccccc23)C(=O)CSCc2ccco2)cc1. The number of aryl methyl sites for hydroxylation is 1. The summed E-state index contributed by atoms with van der Waals surface area (Å²) in [6, 6.07) is 24.7. The summed E-state index contributed by atoms with van der Waals surface area (Å²) in [5.41, 5.74) is 2.15. The number of benzene rings is 3. The first-order chi connectivity index (χ1) is 20.0. The zero-order chi connectivity index (χ0) is 28.9. The highest BCUT2D eigenvalue weighted by molar-refractivity contribution is 7.99. The number of ether oxygens (including phenoxy) is 1. The number of ketones is 1. The van der Waals surface area contributed by atoms with E-state index in [0.717, 1.165) is 27.7 Å². The number of hydrogen-bond donors (Lipinski definition) is 2. The summed E-state index contributed by atoms with van der Waals surface area (Å²) in [7, 11) is 0. The van der Waals surface area contributed by atoms with Gasteiger partial charge in [-0.25, -0.2) is 0 Å². The number of hydrogen-bond acceptors (Lipinski definition) is 6. The van der Waals surface area contributed by atoms with Gasteiger partial charge < -0.3 is 19.8 Å². The number of furan rings is 1. The van der Waals surface area contributed by atoms with E-state index in [1.807, 2.05) is 85.8 Å². The van der Waals surface area contributed by atoms with Gasteiger partial charge in [0.05, 0.1) is 23.8 Å². The third-order valence-electron chi connectivity index (χ3n) is 6.64. The molecule has 4 rings (SSSR count). The van der Waals surface area contributed by atoms with Crippen molar-refractivity contribution in [1.82, 2.24) is 10.6 Å². The van der Waals surface area contributed by atoms with Crippen LogP contribution in [0.5, 0.6) is 5.75 Å². The molecular weight excluding hydrogens is 536 g/mol. The van der Waals surface area contributed by atoms with Crippen LogP contribution in [-0.2, 0) is 26.6 Å². The number of carbonyl (C=O) groups excluding carboxylic acids is 3. The molecule has 3 aromatic carbocycles. The summed E-state index contributed by atoms with van der Waals surface area (Å²) in [4.78, 5) is 38.2. The quantitative estimate of drug-likeness (QED) is 0.169. The maximum absolute atomic E-state index is 13.3. The number of Topliss-reactive ketones (excluding diaryl/α,β-unsaturated/α-hetero) is 1. The van der Waals surface area contributed by atoms with Crippen LogP contribution in [0.25, 0.3) is 10.8 Å². The molecule has 0 radical (unpaired) electrons. The van der Waals surface area contributed by atoms with Gasteiger partial charge in [-0.2, -0.15) is 0 Å². The Balaban J connectivity index is 1.24. The topological polar surface area (TPSA) is 97.6 Å². The van der Waals surface area contributed by atoms with E-state index in [1.54, 1.807) is 6.26 Å². The molecule has 0 spiro atoms. The molecule has 2 N–H and O–H groups in total. The fraction of sp³-hybridized carbons (Fsp3) is 0.303. The maximum Gasteiger partial charge on any atom is 0.257 e. The Bertz CT molecular complexity index is 1410. The van der Waals surface area contributed by atoms with E-state index >= 15 is 0 Å². The number of amides is 2. The smallest absolute Gasteiger partial charge is 0.257 e. The van der Waals surface area contributed by atoms with Gasteiger partial charge >= 0.3 is 0 Å². The van der Waals surface area contributed by atoms with Crippen LogP contribution in [0.3, 0.4) is 0 Å². The molecule has 0 aliphatic heterocycles. The van der Waals surface area contributed by atoms with Crippen molar-refractivity contribution in [3.63, 3.8) is 0 Å². The molecule has 1 atom stereocenters. The lowest BCUT2D eigenvalue weighted by Crippen LogP contribution is -2.43. The molecule has 8 heteroatoms. The summed E-state index contributed by atoms with van der Waals surface area (Å²) < 4.78 is 10.9. The van der Waals surface area contributed by atoms with Gasteiger partial charge in [0.15, 0.2) is 12.4 Å². The monoisotopic (exact) mass is 572 g/mol. The molecule has 0 saturated heterocycles. The summed E-state index contributed by atoms with van der Waals surface area (Å²) in [5, 5.41) is 7.98. The van der Waals surface area contributed by atoms with Crippen LogP contribution in [0.15, 0.2) is 89.5 Å². The minimum atomic E-state index is -0.629. The van der Waals surface area contributed by atoms with E-state index in [1.165, 1.54) is 11.8 Å². The van der Waals surface area contributed by atoms with Gasteiger partial charge in [0.25, 0.3) is 5.91 Å². The van der Waals surface area contributed by atoms with Crippen molar-refractivity contribution in [2.45, 2.75) is 44.4 Å². The molecule has 0 aliphatic rings. The molecule has 0 saturated carbocycles. The van der Waals surface area contributed by atoms with Crippen LogP contribution in [0.2, 0.25) is 0 Å². The molecule has 1 aromatic heterocycles. The second-order valence-corrected chi connectivity index (χ2v) is 10.9. The van der Waals surface area contributed by atoms with Crippen LogP contribution < -0.4 is 15.4 Å². The van der Waals surface area contributed by atoms with Crippen molar-refractivity contribution in [2.75, 3.05) is 18.9 Å². The number of fused-ring (bicyclic) bond motifs is 1.